The smallest absolute Gasteiger partial charge is 0.217 e. The Morgan fingerprint density at radius 1 is 1.35 bits per heavy atom. The molecule has 0 unspecified atom stereocenters. The number of rotatable bonds is 3. The average molecular weight is 307 g/mol. The van der Waals surface area contributed by atoms with E-state index in [1.54, 1.807) is 0 Å². The number of nitrogens with zero attached hydrogens (tertiary/aromatic N) is 1. The van der Waals surface area contributed by atoms with E-state index in [0.717, 1.165) is 16.4 Å². The van der Waals surface area contributed by atoms with Crippen LogP contribution in [0.3, 0.4) is 0 Å². The summed E-state index contributed by atoms with van der Waals surface area (Å²) in [7, 11) is 0. The van der Waals surface area contributed by atoms with Crippen LogP contribution in [0.4, 0.5) is 0 Å². The Morgan fingerprint density at radius 2 is 2.13 bits per heavy atom. The van der Waals surface area contributed by atoms with Gasteiger partial charge in [0.25, 0.3) is 0 Å². The van der Waals surface area contributed by atoms with Crippen molar-refractivity contribution in [1.82, 2.24) is 9.97 Å². The van der Waals surface area contributed by atoms with Crippen molar-refractivity contribution in [2.75, 3.05) is 0 Å². The van der Waals surface area contributed by atoms with Crippen LogP contribution < -0.4 is 5.73 Å². The minimum absolute atomic E-state index is 0.105. The lowest BCUT2D eigenvalue weighted by molar-refractivity contribution is -0.118. The first-order chi connectivity index (χ1) is 10.9. The van der Waals surface area contributed by atoms with Crippen LogP contribution in [-0.2, 0) is 4.79 Å². The minimum atomic E-state index is -0.213. The summed E-state index contributed by atoms with van der Waals surface area (Å²) in [6.07, 6.45) is 2.28. The van der Waals surface area contributed by atoms with E-state index in [1.165, 1.54) is 16.6 Å². The van der Waals surface area contributed by atoms with Crippen molar-refractivity contribution in [3.05, 3.63) is 41.7 Å². The molecule has 1 fully saturated rings. The molecule has 0 aliphatic heterocycles. The number of aromatic nitrogens is 2. The highest BCUT2D eigenvalue weighted by atomic mass is 16.1. The molecule has 2 atom stereocenters. The number of primary amides is 1. The number of nitrogens with one attached hydrogen (secondary N) is 1. The van der Waals surface area contributed by atoms with E-state index in [2.05, 4.69) is 48.9 Å². The first kappa shape index (κ1) is 14.2. The van der Waals surface area contributed by atoms with Crippen LogP contribution in [0.1, 0.15) is 37.4 Å². The van der Waals surface area contributed by atoms with Crippen molar-refractivity contribution < 1.29 is 4.79 Å². The Kier molecular flexibility index (Phi) is 2.83. The van der Waals surface area contributed by atoms with Gasteiger partial charge in [0, 0.05) is 29.1 Å². The fourth-order valence-electron chi connectivity index (χ4n) is 4.27. The zero-order valence-corrected chi connectivity index (χ0v) is 13.7. The predicted octanol–water partition coefficient (Wildman–Crippen LogP) is 3.64. The van der Waals surface area contributed by atoms with Crippen LogP contribution in [0.25, 0.3) is 21.8 Å². The lowest BCUT2D eigenvalue weighted by Gasteiger charge is -2.04. The number of benzene rings is 1. The molecule has 0 saturated heterocycles. The summed E-state index contributed by atoms with van der Waals surface area (Å²) in [6.45, 7) is 6.56. The zero-order valence-electron chi connectivity index (χ0n) is 13.7. The monoisotopic (exact) mass is 307 g/mol. The molecule has 4 heteroatoms. The third-order valence-corrected chi connectivity index (χ3v) is 5.56. The maximum atomic E-state index is 11.4. The minimum Gasteiger partial charge on any atom is -0.370 e. The van der Waals surface area contributed by atoms with E-state index in [0.29, 0.717) is 18.3 Å². The summed E-state index contributed by atoms with van der Waals surface area (Å²) < 4.78 is 0. The highest BCUT2D eigenvalue weighted by Crippen LogP contribution is 2.67. The molecule has 4 nitrogen and oxygen atoms in total. The molecule has 2 heterocycles. The highest BCUT2D eigenvalue weighted by molar-refractivity contribution is 6.05. The van der Waals surface area contributed by atoms with Crippen molar-refractivity contribution in [3.63, 3.8) is 0 Å². The molecule has 23 heavy (non-hydrogen) atoms. The summed E-state index contributed by atoms with van der Waals surface area (Å²) in [4.78, 5) is 19.4. The fourth-order valence-corrected chi connectivity index (χ4v) is 4.27. The van der Waals surface area contributed by atoms with Gasteiger partial charge in [-0.15, -0.1) is 0 Å². The number of aryl methyl sites for hydroxylation is 1. The Balaban J connectivity index is 1.90. The van der Waals surface area contributed by atoms with Gasteiger partial charge in [0.15, 0.2) is 0 Å². The molecule has 1 aromatic carbocycles. The standard InChI is InChI=1S/C19H21N3O/c1-10-15(16-13(9-14(20)23)19(16,2)3)12-7-6-11-5-4-8-21-17(11)18(12)22-10/h4-8,13,16,22H,9H2,1-3H3,(H2,20,23)/t13-,16-/m1/s1. The number of carbonyl (C=O) groups excluding carboxylic acids is 1. The quantitative estimate of drug-likeness (QED) is 0.775. The van der Waals surface area contributed by atoms with Crippen molar-refractivity contribution in [1.29, 1.82) is 0 Å². The lowest BCUT2D eigenvalue weighted by Crippen LogP contribution is -2.12. The van der Waals surface area contributed by atoms with Gasteiger partial charge in [0.05, 0.1) is 11.0 Å². The third kappa shape index (κ3) is 1.97. The Morgan fingerprint density at radius 3 is 2.87 bits per heavy atom. The van der Waals surface area contributed by atoms with Gasteiger partial charge in [0.2, 0.25) is 5.91 Å². The lowest BCUT2D eigenvalue weighted by atomic mass is 9.99. The summed E-state index contributed by atoms with van der Waals surface area (Å²) >= 11 is 0. The van der Waals surface area contributed by atoms with Gasteiger partial charge in [-0.1, -0.05) is 32.0 Å². The summed E-state index contributed by atoms with van der Waals surface area (Å²) in [5, 5.41) is 2.36. The summed E-state index contributed by atoms with van der Waals surface area (Å²) in [5.41, 5.74) is 10.1. The van der Waals surface area contributed by atoms with Crippen LogP contribution in [0.2, 0.25) is 0 Å². The Bertz CT molecular complexity index is 938. The van der Waals surface area contributed by atoms with Gasteiger partial charge < -0.3 is 10.7 Å². The molecule has 1 aliphatic rings. The van der Waals surface area contributed by atoms with Crippen molar-refractivity contribution in [2.45, 2.75) is 33.1 Å². The molecule has 0 bridgehead atoms. The number of carbonyl (C=O) groups is 1. The molecule has 3 N–H and O–H groups in total. The topological polar surface area (TPSA) is 71.8 Å². The van der Waals surface area contributed by atoms with Crippen LogP contribution >= 0.6 is 0 Å². The number of hydrogen-bond donors (Lipinski definition) is 2. The van der Waals surface area contributed by atoms with Crippen molar-refractivity contribution in [2.24, 2.45) is 17.1 Å². The molecule has 1 saturated carbocycles. The van der Waals surface area contributed by atoms with E-state index in [-0.39, 0.29) is 11.3 Å². The van der Waals surface area contributed by atoms with Crippen molar-refractivity contribution in [3.8, 4) is 0 Å². The largest absolute Gasteiger partial charge is 0.370 e. The number of nitrogens with two attached hydrogens (primary N) is 1. The molecule has 2 aromatic heterocycles. The van der Waals surface area contributed by atoms with Gasteiger partial charge in [-0.2, -0.15) is 0 Å². The van der Waals surface area contributed by atoms with Crippen LogP contribution in [0, 0.1) is 18.3 Å². The second kappa shape index (κ2) is 4.57. The van der Waals surface area contributed by atoms with E-state index in [9.17, 15) is 4.79 Å². The number of amides is 1. The maximum Gasteiger partial charge on any atom is 0.217 e. The Hall–Kier alpha value is -2.36. The van der Waals surface area contributed by atoms with Crippen LogP contribution in [-0.4, -0.2) is 15.9 Å². The maximum absolute atomic E-state index is 11.4. The zero-order chi connectivity index (χ0) is 16.4. The molecular formula is C19H21N3O. The van der Waals surface area contributed by atoms with Gasteiger partial charge >= 0.3 is 0 Å². The first-order valence-corrected chi connectivity index (χ1v) is 8.05. The van der Waals surface area contributed by atoms with Gasteiger partial charge in [-0.25, -0.2) is 0 Å². The fraction of sp³-hybridized carbons (Fsp3) is 0.368. The molecule has 4 rings (SSSR count). The number of H-pyrrole nitrogens is 1. The van der Waals surface area contributed by atoms with E-state index < -0.39 is 0 Å². The molecule has 1 amide bonds. The second-order valence-electron chi connectivity index (χ2n) is 7.30. The molecular weight excluding hydrogens is 286 g/mol. The number of hydrogen-bond acceptors (Lipinski definition) is 2. The normalized spacial score (nSPS) is 22.6. The number of pyridine rings is 1. The van der Waals surface area contributed by atoms with E-state index in [1.807, 2.05) is 12.3 Å². The molecule has 0 spiro atoms. The van der Waals surface area contributed by atoms with E-state index >= 15 is 0 Å². The first-order valence-electron chi connectivity index (χ1n) is 8.05. The SMILES string of the molecule is Cc1[nH]c2c(ccc3cccnc32)c1[C@H]1[C@@H](CC(N)=O)C1(C)C. The van der Waals surface area contributed by atoms with Gasteiger partial charge in [-0.05, 0) is 35.8 Å². The molecule has 1 aliphatic carbocycles. The van der Waals surface area contributed by atoms with Crippen molar-refractivity contribution >= 4 is 27.7 Å². The van der Waals surface area contributed by atoms with Gasteiger partial charge in [-0.3, -0.25) is 9.78 Å². The summed E-state index contributed by atoms with van der Waals surface area (Å²) in [6, 6.07) is 8.33. The number of aromatic amines is 1. The predicted molar refractivity (Wildman–Crippen MR) is 92.2 cm³/mol. The number of fused-ring (bicyclic) bond motifs is 3. The highest BCUT2D eigenvalue weighted by Gasteiger charge is 2.59. The van der Waals surface area contributed by atoms with Gasteiger partial charge in [0.1, 0.15) is 0 Å². The summed E-state index contributed by atoms with van der Waals surface area (Å²) in [5.74, 6) is 0.470. The van der Waals surface area contributed by atoms with Crippen LogP contribution in [0.15, 0.2) is 30.5 Å². The molecule has 118 valence electrons. The average Bonchev–Trinajstić information content (AvgIpc) is 2.86. The molecule has 3 aromatic rings. The van der Waals surface area contributed by atoms with E-state index in [4.69, 9.17) is 5.73 Å². The Labute approximate surface area is 135 Å². The van der Waals surface area contributed by atoms with Crippen LogP contribution in [0.5, 0.6) is 0 Å². The molecule has 0 radical (unpaired) electrons. The second-order valence-corrected chi connectivity index (χ2v) is 7.30. The third-order valence-electron chi connectivity index (χ3n) is 5.56.